The molecule has 0 aliphatic carbocycles. The SMILES string of the molecule is CCC(=O)OC1CN(C)C(=O)N1C1=NNN(C)N1. The van der Waals surface area contributed by atoms with Crippen LogP contribution in [0, 0.1) is 0 Å². The number of nitrogens with zero attached hydrogens (tertiary/aromatic N) is 4. The number of hydrazone groups is 1. The van der Waals surface area contributed by atoms with Gasteiger partial charge < -0.3 is 9.64 Å². The van der Waals surface area contributed by atoms with Crippen molar-refractivity contribution in [2.45, 2.75) is 19.6 Å². The van der Waals surface area contributed by atoms with Crippen LogP contribution < -0.4 is 11.0 Å². The normalized spacial score (nSPS) is 23.8. The van der Waals surface area contributed by atoms with Crippen molar-refractivity contribution in [3.63, 3.8) is 0 Å². The summed E-state index contributed by atoms with van der Waals surface area (Å²) < 4.78 is 5.22. The van der Waals surface area contributed by atoms with E-state index in [0.717, 1.165) is 0 Å². The number of hydrogen-bond acceptors (Lipinski definition) is 7. The predicted molar refractivity (Wildman–Crippen MR) is 61.5 cm³/mol. The second-order valence-electron chi connectivity index (χ2n) is 4.04. The standard InChI is InChI=1S/C9H16N6O3/c1-4-7(16)18-6-5-13(2)9(17)15(6)8-10-12-14(3)11-8/h6,12H,4-5H2,1-3H3,(H,10,11). The average molecular weight is 256 g/mol. The van der Waals surface area contributed by atoms with Crippen LogP contribution in [0.4, 0.5) is 4.79 Å². The topological polar surface area (TPSA) is 89.5 Å². The molecule has 2 heterocycles. The average Bonchev–Trinajstić information content (AvgIpc) is 2.85. The summed E-state index contributed by atoms with van der Waals surface area (Å²) in [6.07, 6.45) is -0.394. The molecule has 2 aliphatic heterocycles. The molecule has 0 aromatic heterocycles. The van der Waals surface area contributed by atoms with Crippen molar-refractivity contribution < 1.29 is 14.3 Å². The molecular weight excluding hydrogens is 240 g/mol. The summed E-state index contributed by atoms with van der Waals surface area (Å²) in [5, 5.41) is 5.42. The monoisotopic (exact) mass is 256 g/mol. The summed E-state index contributed by atoms with van der Waals surface area (Å²) in [5.74, 6) is -0.0474. The number of carbonyl (C=O) groups is 2. The van der Waals surface area contributed by atoms with E-state index in [0.29, 0.717) is 12.5 Å². The van der Waals surface area contributed by atoms with Crippen LogP contribution in [0.1, 0.15) is 13.3 Å². The van der Waals surface area contributed by atoms with E-state index in [1.165, 1.54) is 14.9 Å². The molecule has 2 amide bonds. The van der Waals surface area contributed by atoms with Crippen LogP contribution in [0.3, 0.4) is 0 Å². The fraction of sp³-hybridized carbons (Fsp3) is 0.667. The predicted octanol–water partition coefficient (Wildman–Crippen LogP) is -1.14. The molecule has 1 fully saturated rings. The zero-order chi connectivity index (χ0) is 13.3. The second-order valence-corrected chi connectivity index (χ2v) is 4.04. The number of carbonyl (C=O) groups excluding carboxylic acids is 2. The fourth-order valence-electron chi connectivity index (χ4n) is 1.68. The number of esters is 1. The second kappa shape index (κ2) is 4.69. The highest BCUT2D eigenvalue weighted by Crippen LogP contribution is 2.17. The number of hydrogen-bond donors (Lipinski definition) is 2. The highest BCUT2D eigenvalue weighted by Gasteiger charge is 2.42. The van der Waals surface area contributed by atoms with Gasteiger partial charge in [-0.25, -0.2) is 15.2 Å². The molecule has 100 valence electrons. The van der Waals surface area contributed by atoms with Crippen molar-refractivity contribution in [1.82, 2.24) is 25.9 Å². The Labute approximate surface area is 104 Å². The maximum Gasteiger partial charge on any atom is 0.329 e. The minimum absolute atomic E-state index is 0.264. The van der Waals surface area contributed by atoms with Crippen molar-refractivity contribution in [3.8, 4) is 0 Å². The third-order valence-corrected chi connectivity index (χ3v) is 2.61. The Balaban J connectivity index is 2.13. The van der Waals surface area contributed by atoms with Crippen molar-refractivity contribution >= 4 is 18.0 Å². The van der Waals surface area contributed by atoms with E-state index in [1.807, 2.05) is 0 Å². The first kappa shape index (κ1) is 12.4. The van der Waals surface area contributed by atoms with Gasteiger partial charge in [0.15, 0.2) is 0 Å². The summed E-state index contributed by atoms with van der Waals surface area (Å²) in [7, 11) is 3.34. The molecule has 2 aliphatic rings. The molecule has 1 saturated heterocycles. The number of likely N-dealkylation sites (N-methyl/N-ethyl adjacent to an activating group) is 1. The van der Waals surface area contributed by atoms with Gasteiger partial charge in [-0.15, -0.1) is 10.2 Å². The number of guanidine groups is 1. The summed E-state index contributed by atoms with van der Waals surface area (Å²) >= 11 is 0. The van der Waals surface area contributed by atoms with Gasteiger partial charge in [-0.3, -0.25) is 10.2 Å². The maximum atomic E-state index is 12.0. The van der Waals surface area contributed by atoms with Crippen LogP contribution in [0.25, 0.3) is 0 Å². The summed E-state index contributed by atoms with van der Waals surface area (Å²) in [6, 6.07) is -0.271. The van der Waals surface area contributed by atoms with Gasteiger partial charge >= 0.3 is 12.0 Å². The fourth-order valence-corrected chi connectivity index (χ4v) is 1.68. The number of hydrazine groups is 2. The number of rotatable bonds is 2. The molecule has 0 spiro atoms. The van der Waals surface area contributed by atoms with Crippen LogP contribution in [-0.2, 0) is 9.53 Å². The van der Waals surface area contributed by atoms with E-state index >= 15 is 0 Å². The van der Waals surface area contributed by atoms with Crippen molar-refractivity contribution in [1.29, 1.82) is 0 Å². The molecule has 1 atom stereocenters. The molecule has 0 aromatic rings. The lowest BCUT2D eigenvalue weighted by Crippen LogP contribution is -2.50. The van der Waals surface area contributed by atoms with Crippen LogP contribution in [0.15, 0.2) is 5.10 Å². The first-order valence-electron chi connectivity index (χ1n) is 5.60. The highest BCUT2D eigenvalue weighted by molar-refractivity contribution is 5.98. The lowest BCUT2D eigenvalue weighted by Gasteiger charge is -2.22. The van der Waals surface area contributed by atoms with Gasteiger partial charge in [0.2, 0.25) is 12.2 Å². The Bertz CT molecular complexity index is 398. The van der Waals surface area contributed by atoms with Gasteiger partial charge in [0.25, 0.3) is 0 Å². The maximum absolute atomic E-state index is 12.0. The molecule has 0 saturated carbocycles. The Morgan fingerprint density at radius 1 is 1.56 bits per heavy atom. The quantitative estimate of drug-likeness (QED) is 0.607. The molecule has 0 aromatic carbocycles. The summed E-state index contributed by atoms with van der Waals surface area (Å²) in [4.78, 5) is 26.1. The smallest absolute Gasteiger partial charge is 0.329 e. The van der Waals surface area contributed by atoms with Crippen LogP contribution in [-0.4, -0.2) is 59.7 Å². The first-order chi connectivity index (χ1) is 8.52. The van der Waals surface area contributed by atoms with E-state index in [4.69, 9.17) is 4.74 Å². The van der Waals surface area contributed by atoms with E-state index in [9.17, 15) is 9.59 Å². The number of ether oxygens (including phenoxy) is 1. The van der Waals surface area contributed by atoms with E-state index in [2.05, 4.69) is 16.1 Å². The Morgan fingerprint density at radius 3 is 2.83 bits per heavy atom. The summed E-state index contributed by atoms with van der Waals surface area (Å²) in [5.41, 5.74) is 5.45. The van der Waals surface area contributed by atoms with Gasteiger partial charge in [-0.05, 0) is 0 Å². The minimum atomic E-state index is -0.658. The molecule has 9 nitrogen and oxygen atoms in total. The highest BCUT2D eigenvalue weighted by atomic mass is 16.6. The number of nitrogens with one attached hydrogen (secondary N) is 2. The minimum Gasteiger partial charge on any atom is -0.439 e. The molecule has 1 unspecified atom stereocenters. The van der Waals surface area contributed by atoms with E-state index in [1.54, 1.807) is 21.0 Å². The molecular formula is C9H16N6O3. The number of amides is 2. The van der Waals surface area contributed by atoms with Crippen molar-refractivity contribution in [2.24, 2.45) is 5.10 Å². The van der Waals surface area contributed by atoms with Gasteiger partial charge in [0.05, 0.1) is 6.54 Å². The Morgan fingerprint density at radius 2 is 2.28 bits per heavy atom. The third-order valence-electron chi connectivity index (χ3n) is 2.61. The Kier molecular flexibility index (Phi) is 3.24. The molecule has 0 bridgehead atoms. The number of urea groups is 1. The lowest BCUT2D eigenvalue weighted by atomic mass is 10.5. The first-order valence-corrected chi connectivity index (χ1v) is 5.60. The third kappa shape index (κ3) is 2.16. The van der Waals surface area contributed by atoms with Crippen molar-refractivity contribution in [3.05, 3.63) is 0 Å². The molecule has 2 rings (SSSR count). The van der Waals surface area contributed by atoms with E-state index < -0.39 is 6.23 Å². The zero-order valence-electron chi connectivity index (χ0n) is 10.5. The molecule has 9 heteroatoms. The summed E-state index contributed by atoms with van der Waals surface area (Å²) in [6.45, 7) is 2.02. The Hall–Kier alpha value is -2.03. The van der Waals surface area contributed by atoms with E-state index in [-0.39, 0.29) is 18.4 Å². The van der Waals surface area contributed by atoms with Crippen LogP contribution in [0.2, 0.25) is 0 Å². The molecule has 18 heavy (non-hydrogen) atoms. The van der Waals surface area contributed by atoms with Gasteiger partial charge in [-0.1, -0.05) is 6.92 Å². The molecule has 2 N–H and O–H groups in total. The van der Waals surface area contributed by atoms with Crippen molar-refractivity contribution in [2.75, 3.05) is 20.6 Å². The van der Waals surface area contributed by atoms with Gasteiger partial charge in [0.1, 0.15) is 0 Å². The lowest BCUT2D eigenvalue weighted by molar-refractivity contribution is -0.152. The van der Waals surface area contributed by atoms with Crippen LogP contribution in [0.5, 0.6) is 0 Å². The van der Waals surface area contributed by atoms with Crippen LogP contribution >= 0.6 is 0 Å². The van der Waals surface area contributed by atoms with Gasteiger partial charge in [0, 0.05) is 20.5 Å². The van der Waals surface area contributed by atoms with Gasteiger partial charge in [-0.2, -0.15) is 0 Å². The molecule has 0 radical (unpaired) electrons. The zero-order valence-corrected chi connectivity index (χ0v) is 10.5. The largest absolute Gasteiger partial charge is 0.439 e.